The van der Waals surface area contributed by atoms with Crippen molar-refractivity contribution in [1.29, 1.82) is 10.8 Å². The van der Waals surface area contributed by atoms with Gasteiger partial charge in [0.25, 0.3) is 0 Å². The molecule has 0 aliphatic carbocycles. The lowest BCUT2D eigenvalue weighted by Crippen LogP contribution is -2.44. The fourth-order valence-corrected chi connectivity index (χ4v) is 2.33. The molecule has 0 radical (unpaired) electrons. The SMILES string of the molecule is C=C(C=N)CNc1cc(N2CCC2=O)nc(C(C)=N)c1NC(C)C. The first kappa shape index (κ1) is 17.7. The molecule has 24 heavy (non-hydrogen) atoms. The number of nitrogens with zero attached hydrogens (tertiary/aromatic N) is 2. The van der Waals surface area contributed by atoms with E-state index in [1.165, 1.54) is 6.21 Å². The monoisotopic (exact) mass is 328 g/mol. The van der Waals surface area contributed by atoms with E-state index in [1.807, 2.05) is 19.9 Å². The van der Waals surface area contributed by atoms with Crippen molar-refractivity contribution >= 4 is 35.0 Å². The zero-order valence-corrected chi connectivity index (χ0v) is 14.4. The number of nitrogens with one attached hydrogen (secondary N) is 4. The molecule has 1 aliphatic rings. The van der Waals surface area contributed by atoms with E-state index in [9.17, 15) is 4.79 Å². The first-order chi connectivity index (χ1) is 11.3. The molecule has 2 rings (SSSR count). The van der Waals surface area contributed by atoms with Crippen molar-refractivity contribution in [2.45, 2.75) is 33.2 Å². The van der Waals surface area contributed by atoms with E-state index >= 15 is 0 Å². The average Bonchev–Trinajstić information content (AvgIpc) is 2.51. The highest BCUT2D eigenvalue weighted by molar-refractivity contribution is 6.05. The molecule has 2 heterocycles. The Morgan fingerprint density at radius 1 is 1.54 bits per heavy atom. The van der Waals surface area contributed by atoms with Gasteiger partial charge in [0.2, 0.25) is 5.91 Å². The standard InChI is InChI=1S/C17H24N6O/c1-10(2)21-17-13(20-9-11(3)8-18)7-14(22-16(17)12(4)19)23-6-5-15(23)24/h7-8,10,18-19,21H,3,5-6,9H2,1-2,4H3,(H,20,22). The minimum absolute atomic E-state index is 0.0375. The molecule has 0 spiro atoms. The van der Waals surface area contributed by atoms with Crippen LogP contribution in [0.4, 0.5) is 17.2 Å². The summed E-state index contributed by atoms with van der Waals surface area (Å²) in [4.78, 5) is 17.9. The van der Waals surface area contributed by atoms with Gasteiger partial charge in [-0.05, 0) is 26.3 Å². The van der Waals surface area contributed by atoms with Crippen LogP contribution in [0.15, 0.2) is 18.2 Å². The Balaban J connectivity index is 2.48. The molecule has 7 heteroatoms. The van der Waals surface area contributed by atoms with E-state index in [1.54, 1.807) is 11.8 Å². The van der Waals surface area contributed by atoms with Gasteiger partial charge < -0.3 is 21.5 Å². The number of β-lactam (4-membered cyclic amide) rings is 1. The van der Waals surface area contributed by atoms with Crippen molar-refractivity contribution in [1.82, 2.24) is 4.98 Å². The van der Waals surface area contributed by atoms with E-state index in [2.05, 4.69) is 22.2 Å². The maximum atomic E-state index is 11.8. The van der Waals surface area contributed by atoms with Gasteiger partial charge in [-0.1, -0.05) is 6.58 Å². The normalized spacial score (nSPS) is 13.5. The molecule has 128 valence electrons. The molecule has 0 saturated carbocycles. The number of aromatic nitrogens is 1. The summed E-state index contributed by atoms with van der Waals surface area (Å²) in [5.74, 6) is 0.584. The maximum Gasteiger partial charge on any atom is 0.229 e. The largest absolute Gasteiger partial charge is 0.379 e. The predicted octanol–water partition coefficient (Wildman–Crippen LogP) is 2.64. The molecule has 1 aromatic rings. The Morgan fingerprint density at radius 2 is 2.25 bits per heavy atom. The zero-order valence-electron chi connectivity index (χ0n) is 14.4. The fourth-order valence-electron chi connectivity index (χ4n) is 2.33. The van der Waals surface area contributed by atoms with Gasteiger partial charge in [0.05, 0.1) is 17.1 Å². The molecule has 0 atom stereocenters. The van der Waals surface area contributed by atoms with Crippen LogP contribution in [-0.2, 0) is 4.79 Å². The third-order valence-corrected chi connectivity index (χ3v) is 3.63. The van der Waals surface area contributed by atoms with Crippen molar-refractivity contribution in [2.24, 2.45) is 0 Å². The van der Waals surface area contributed by atoms with Crippen LogP contribution in [-0.4, -0.2) is 41.9 Å². The van der Waals surface area contributed by atoms with Gasteiger partial charge >= 0.3 is 0 Å². The van der Waals surface area contributed by atoms with E-state index in [4.69, 9.17) is 10.8 Å². The smallest absolute Gasteiger partial charge is 0.229 e. The fraction of sp³-hybridized carbons (Fsp3) is 0.412. The molecular formula is C17H24N6O. The minimum Gasteiger partial charge on any atom is -0.379 e. The Labute approximate surface area is 142 Å². The van der Waals surface area contributed by atoms with Gasteiger partial charge in [-0.3, -0.25) is 9.69 Å². The quantitative estimate of drug-likeness (QED) is 0.435. The number of hydrogen-bond acceptors (Lipinski definition) is 6. The van der Waals surface area contributed by atoms with Gasteiger partial charge in [-0.15, -0.1) is 0 Å². The molecule has 0 unspecified atom stereocenters. The van der Waals surface area contributed by atoms with Crippen LogP contribution in [0.3, 0.4) is 0 Å². The summed E-state index contributed by atoms with van der Waals surface area (Å²) in [6.45, 7) is 10.5. The van der Waals surface area contributed by atoms with E-state index < -0.39 is 0 Å². The molecular weight excluding hydrogens is 304 g/mol. The highest BCUT2D eigenvalue weighted by Crippen LogP contribution is 2.32. The van der Waals surface area contributed by atoms with Crippen molar-refractivity contribution in [3.63, 3.8) is 0 Å². The van der Waals surface area contributed by atoms with Crippen molar-refractivity contribution < 1.29 is 4.79 Å². The second-order valence-electron chi connectivity index (χ2n) is 6.13. The Bertz CT molecular complexity index is 695. The van der Waals surface area contributed by atoms with E-state index in [0.29, 0.717) is 42.3 Å². The molecule has 0 bridgehead atoms. The van der Waals surface area contributed by atoms with Crippen LogP contribution < -0.4 is 15.5 Å². The van der Waals surface area contributed by atoms with Crippen LogP contribution in [0.25, 0.3) is 0 Å². The minimum atomic E-state index is 0.0375. The second-order valence-corrected chi connectivity index (χ2v) is 6.13. The van der Waals surface area contributed by atoms with Crippen LogP contribution in [0.2, 0.25) is 0 Å². The molecule has 0 aromatic carbocycles. The predicted molar refractivity (Wildman–Crippen MR) is 98.9 cm³/mol. The van der Waals surface area contributed by atoms with Crippen LogP contribution in [0.5, 0.6) is 0 Å². The average molecular weight is 328 g/mol. The van der Waals surface area contributed by atoms with Crippen molar-refractivity contribution in [3.05, 3.63) is 23.9 Å². The summed E-state index contributed by atoms with van der Waals surface area (Å²) in [6, 6.07) is 1.97. The number of rotatable bonds is 8. The second kappa shape index (κ2) is 7.25. The summed E-state index contributed by atoms with van der Waals surface area (Å²) >= 11 is 0. The van der Waals surface area contributed by atoms with Crippen molar-refractivity contribution in [3.8, 4) is 0 Å². The number of hydrogen-bond donors (Lipinski definition) is 4. The van der Waals surface area contributed by atoms with Gasteiger partial charge in [0.15, 0.2) is 0 Å². The zero-order chi connectivity index (χ0) is 17.9. The van der Waals surface area contributed by atoms with Crippen LogP contribution >= 0.6 is 0 Å². The third-order valence-electron chi connectivity index (χ3n) is 3.63. The number of carbonyl (C=O) groups excluding carboxylic acids is 1. The molecule has 1 aromatic heterocycles. The lowest BCUT2D eigenvalue weighted by molar-refractivity contribution is -0.122. The van der Waals surface area contributed by atoms with Crippen LogP contribution in [0.1, 0.15) is 32.9 Å². The summed E-state index contributed by atoms with van der Waals surface area (Å²) in [5, 5.41) is 21.9. The Kier molecular flexibility index (Phi) is 5.33. The summed E-state index contributed by atoms with van der Waals surface area (Å²) in [5.41, 5.74) is 2.95. The molecule has 1 aliphatic heterocycles. The van der Waals surface area contributed by atoms with Gasteiger partial charge in [-0.2, -0.15) is 0 Å². The third kappa shape index (κ3) is 3.79. The first-order valence-corrected chi connectivity index (χ1v) is 7.93. The maximum absolute atomic E-state index is 11.8. The van der Waals surface area contributed by atoms with E-state index in [0.717, 1.165) is 11.4 Å². The van der Waals surface area contributed by atoms with Gasteiger partial charge in [0.1, 0.15) is 11.5 Å². The number of carbonyl (C=O) groups is 1. The topological polar surface area (TPSA) is 105 Å². The highest BCUT2D eigenvalue weighted by atomic mass is 16.2. The summed E-state index contributed by atoms with van der Waals surface area (Å²) in [7, 11) is 0. The van der Waals surface area contributed by atoms with Gasteiger partial charge in [0, 0.05) is 37.8 Å². The molecule has 1 saturated heterocycles. The number of pyridine rings is 1. The number of amides is 1. The van der Waals surface area contributed by atoms with Crippen molar-refractivity contribution in [2.75, 3.05) is 28.6 Å². The highest BCUT2D eigenvalue weighted by Gasteiger charge is 2.28. The van der Waals surface area contributed by atoms with E-state index in [-0.39, 0.29) is 11.9 Å². The molecule has 4 N–H and O–H groups in total. The Hall–Kier alpha value is -2.70. The summed E-state index contributed by atoms with van der Waals surface area (Å²) < 4.78 is 0. The summed E-state index contributed by atoms with van der Waals surface area (Å²) in [6.07, 6.45) is 1.73. The Morgan fingerprint density at radius 3 is 2.71 bits per heavy atom. The first-order valence-electron chi connectivity index (χ1n) is 7.93. The van der Waals surface area contributed by atoms with Crippen LogP contribution in [0, 0.1) is 10.8 Å². The molecule has 1 fully saturated rings. The molecule has 7 nitrogen and oxygen atoms in total. The molecule has 1 amide bonds. The lowest BCUT2D eigenvalue weighted by Gasteiger charge is -2.31. The number of anilines is 3. The van der Waals surface area contributed by atoms with Gasteiger partial charge in [-0.25, -0.2) is 4.98 Å². The lowest BCUT2D eigenvalue weighted by atomic mass is 10.1.